The number of aromatic nitrogens is 4. The molecule has 2 N–H and O–H groups in total. The molecular formula is C27H34F5N7O3S. The smallest absolute Gasteiger partial charge is 0.351 e. The third-order valence-corrected chi connectivity index (χ3v) is 8.67. The predicted octanol–water partition coefficient (Wildman–Crippen LogP) is 4.89. The first kappa shape index (κ1) is 32.5. The van der Waals surface area contributed by atoms with Crippen LogP contribution < -0.4 is 15.6 Å². The first-order valence-corrected chi connectivity index (χ1v) is 15.5. The molecule has 4 rings (SSSR count). The summed E-state index contributed by atoms with van der Waals surface area (Å²) in [6, 6.07) is 3.21. The number of benzene rings is 1. The van der Waals surface area contributed by atoms with Crippen LogP contribution in [-0.2, 0) is 10.0 Å². The van der Waals surface area contributed by atoms with Crippen molar-refractivity contribution in [3.63, 3.8) is 0 Å². The van der Waals surface area contributed by atoms with Crippen LogP contribution >= 0.6 is 0 Å². The van der Waals surface area contributed by atoms with Crippen molar-refractivity contribution >= 4 is 32.8 Å². The van der Waals surface area contributed by atoms with Gasteiger partial charge in [0.25, 0.3) is 5.56 Å². The van der Waals surface area contributed by atoms with Gasteiger partial charge in [0, 0.05) is 30.2 Å². The minimum atomic E-state index is -4.69. The summed E-state index contributed by atoms with van der Waals surface area (Å²) in [6.45, 7) is 3.56. The van der Waals surface area contributed by atoms with E-state index >= 15 is 0 Å². The molecule has 3 aromatic rings. The highest BCUT2D eigenvalue weighted by atomic mass is 32.2. The second kappa shape index (κ2) is 13.1. The monoisotopic (exact) mass is 631 g/mol. The van der Waals surface area contributed by atoms with Crippen LogP contribution in [0.3, 0.4) is 0 Å². The molecule has 0 saturated heterocycles. The lowest BCUT2D eigenvalue weighted by Crippen LogP contribution is -2.39. The molecular weight excluding hydrogens is 597 g/mol. The minimum Gasteiger partial charge on any atom is -0.351 e. The molecule has 0 atom stereocenters. The van der Waals surface area contributed by atoms with Crippen molar-refractivity contribution in [2.24, 2.45) is 0 Å². The molecule has 0 radical (unpaired) electrons. The highest BCUT2D eigenvalue weighted by molar-refractivity contribution is 7.92. The van der Waals surface area contributed by atoms with E-state index in [1.807, 2.05) is 16.7 Å². The molecule has 1 saturated carbocycles. The molecule has 0 bridgehead atoms. The van der Waals surface area contributed by atoms with Gasteiger partial charge in [-0.3, -0.25) is 14.1 Å². The standard InChI is InChI=1S/C27H34F5N7O3S/c1-16(2)39-24-22(15-33-26(36-24)34-18-5-7-19(8-6-18)38(3)12-11-28)35-23(25(39)40)17-4-9-21(20(29)14-17)37-43(41,42)13-10-27(30,31)32/h4,9,14-16,18-19,37H,5-8,10-13H2,1-3H3,(H,33,34,36). The van der Waals surface area contributed by atoms with E-state index in [0.717, 1.165) is 37.8 Å². The summed E-state index contributed by atoms with van der Waals surface area (Å²) >= 11 is 0. The number of nitrogens with one attached hydrogen (secondary N) is 2. The van der Waals surface area contributed by atoms with Gasteiger partial charge in [-0.25, -0.2) is 27.2 Å². The van der Waals surface area contributed by atoms with Crippen molar-refractivity contribution in [3.8, 4) is 11.3 Å². The number of anilines is 2. The van der Waals surface area contributed by atoms with Crippen molar-refractivity contribution in [1.29, 1.82) is 0 Å². The van der Waals surface area contributed by atoms with Crippen molar-refractivity contribution in [2.45, 2.75) is 70.3 Å². The number of fused-ring (bicyclic) bond motifs is 1. The van der Waals surface area contributed by atoms with Crippen LogP contribution in [0.25, 0.3) is 22.4 Å². The summed E-state index contributed by atoms with van der Waals surface area (Å²) in [4.78, 5) is 28.9. The molecule has 1 aliphatic rings. The van der Waals surface area contributed by atoms with Gasteiger partial charge < -0.3 is 10.2 Å². The molecule has 0 aliphatic heterocycles. The lowest BCUT2D eigenvalue weighted by Gasteiger charge is -2.34. The number of sulfonamides is 1. The van der Waals surface area contributed by atoms with Crippen LogP contribution in [0.1, 0.15) is 52.0 Å². The molecule has 2 heterocycles. The third-order valence-electron chi connectivity index (χ3n) is 7.40. The normalized spacial score (nSPS) is 18.0. The van der Waals surface area contributed by atoms with E-state index in [0.29, 0.717) is 18.5 Å². The molecule has 1 aromatic carbocycles. The SMILES string of the molecule is CC(C)n1c(=O)c(-c2ccc(NS(=O)(=O)CCC(F)(F)F)c(F)c2)nc2cnc(NC3CCC(N(C)CCF)CC3)nc21. The second-order valence-corrected chi connectivity index (χ2v) is 12.8. The fourth-order valence-electron chi connectivity index (χ4n) is 5.11. The highest BCUT2D eigenvalue weighted by Gasteiger charge is 2.30. The zero-order chi connectivity index (χ0) is 31.5. The fourth-order valence-corrected chi connectivity index (χ4v) is 6.21. The minimum absolute atomic E-state index is 0.0359. The van der Waals surface area contributed by atoms with Gasteiger partial charge in [-0.1, -0.05) is 6.07 Å². The van der Waals surface area contributed by atoms with E-state index in [1.165, 1.54) is 16.8 Å². The fraction of sp³-hybridized carbons (Fsp3) is 0.556. The van der Waals surface area contributed by atoms with Crippen LogP contribution in [0.15, 0.2) is 29.2 Å². The molecule has 1 aliphatic carbocycles. The van der Waals surface area contributed by atoms with Crippen LogP contribution in [0.4, 0.5) is 33.6 Å². The summed E-state index contributed by atoms with van der Waals surface area (Å²) < 4.78 is 92.2. The summed E-state index contributed by atoms with van der Waals surface area (Å²) in [5.74, 6) is -2.03. The van der Waals surface area contributed by atoms with E-state index in [9.17, 15) is 35.2 Å². The molecule has 16 heteroatoms. The van der Waals surface area contributed by atoms with E-state index in [-0.39, 0.29) is 41.2 Å². The molecule has 2 aromatic heterocycles. The highest BCUT2D eigenvalue weighted by Crippen LogP contribution is 2.27. The van der Waals surface area contributed by atoms with E-state index in [1.54, 1.807) is 13.8 Å². The van der Waals surface area contributed by atoms with Gasteiger partial charge in [-0.15, -0.1) is 0 Å². The van der Waals surface area contributed by atoms with Crippen LogP contribution in [0.2, 0.25) is 0 Å². The summed E-state index contributed by atoms with van der Waals surface area (Å²) in [5.41, 5.74) is -0.685. The molecule has 43 heavy (non-hydrogen) atoms. The molecule has 0 unspecified atom stereocenters. The number of hydrogen-bond donors (Lipinski definition) is 2. The topological polar surface area (TPSA) is 122 Å². The maximum atomic E-state index is 14.9. The Balaban J connectivity index is 1.57. The average molecular weight is 632 g/mol. The van der Waals surface area contributed by atoms with Gasteiger partial charge in [0.2, 0.25) is 16.0 Å². The summed E-state index contributed by atoms with van der Waals surface area (Å²) in [7, 11) is -2.56. The number of hydrogen-bond acceptors (Lipinski definition) is 8. The van der Waals surface area contributed by atoms with Crippen molar-refractivity contribution in [3.05, 3.63) is 40.6 Å². The van der Waals surface area contributed by atoms with Crippen molar-refractivity contribution in [1.82, 2.24) is 24.4 Å². The Morgan fingerprint density at radius 1 is 1.14 bits per heavy atom. The Hall–Kier alpha value is -3.40. The number of halogens is 5. The molecule has 10 nitrogen and oxygen atoms in total. The first-order valence-electron chi connectivity index (χ1n) is 13.9. The molecule has 0 amide bonds. The van der Waals surface area contributed by atoms with Gasteiger partial charge in [-0.2, -0.15) is 18.2 Å². The van der Waals surface area contributed by atoms with Gasteiger partial charge in [0.15, 0.2) is 5.65 Å². The van der Waals surface area contributed by atoms with E-state index in [2.05, 4.69) is 20.3 Å². The van der Waals surface area contributed by atoms with Crippen molar-refractivity contribution < 1.29 is 30.4 Å². The van der Waals surface area contributed by atoms with E-state index in [4.69, 9.17) is 0 Å². The van der Waals surface area contributed by atoms with Crippen LogP contribution in [0, 0.1) is 5.82 Å². The summed E-state index contributed by atoms with van der Waals surface area (Å²) in [6.07, 6.45) is -1.34. The van der Waals surface area contributed by atoms with Gasteiger partial charge in [0.05, 0.1) is 24.1 Å². The molecule has 236 valence electrons. The number of rotatable bonds is 11. The Bertz CT molecular complexity index is 1610. The van der Waals surface area contributed by atoms with Gasteiger partial charge >= 0.3 is 6.18 Å². The Morgan fingerprint density at radius 2 is 1.84 bits per heavy atom. The maximum Gasteiger partial charge on any atom is 0.390 e. The lowest BCUT2D eigenvalue weighted by atomic mass is 9.90. The van der Waals surface area contributed by atoms with Crippen LogP contribution in [-0.4, -0.2) is 77.1 Å². The third kappa shape index (κ3) is 8.16. The van der Waals surface area contributed by atoms with E-state index < -0.39 is 45.4 Å². The second-order valence-electron chi connectivity index (χ2n) is 10.9. The quantitative estimate of drug-likeness (QED) is 0.287. The zero-order valence-electron chi connectivity index (χ0n) is 24.0. The number of nitrogens with zero attached hydrogens (tertiary/aromatic N) is 5. The Labute approximate surface area is 245 Å². The average Bonchev–Trinajstić information content (AvgIpc) is 2.93. The lowest BCUT2D eigenvalue weighted by molar-refractivity contribution is -0.129. The van der Waals surface area contributed by atoms with Gasteiger partial charge in [0.1, 0.15) is 23.7 Å². The van der Waals surface area contributed by atoms with Crippen molar-refractivity contribution in [2.75, 3.05) is 36.1 Å². The Kier molecular flexibility index (Phi) is 9.89. The van der Waals surface area contributed by atoms with Gasteiger partial charge in [-0.05, 0) is 58.7 Å². The molecule has 1 fully saturated rings. The summed E-state index contributed by atoms with van der Waals surface area (Å²) in [5, 5.41) is 3.32. The maximum absolute atomic E-state index is 14.9. The zero-order valence-corrected chi connectivity index (χ0v) is 24.8. The predicted molar refractivity (Wildman–Crippen MR) is 154 cm³/mol. The first-order chi connectivity index (χ1) is 20.2. The Morgan fingerprint density at radius 3 is 2.44 bits per heavy atom. The van der Waals surface area contributed by atoms with Crippen LogP contribution in [0.5, 0.6) is 0 Å². The molecule has 0 spiro atoms. The number of alkyl halides is 4. The largest absolute Gasteiger partial charge is 0.390 e.